The van der Waals surface area contributed by atoms with Gasteiger partial charge >= 0.3 is 6.09 Å². The molecule has 6 nitrogen and oxygen atoms in total. The quantitative estimate of drug-likeness (QED) is 0.743. The lowest BCUT2D eigenvalue weighted by atomic mass is 10.1. The molecule has 0 fully saturated rings. The molecule has 1 aliphatic heterocycles. The summed E-state index contributed by atoms with van der Waals surface area (Å²) in [6.45, 7) is 4.97. The lowest BCUT2D eigenvalue weighted by Gasteiger charge is -2.17. The summed E-state index contributed by atoms with van der Waals surface area (Å²) >= 11 is 0. The van der Waals surface area contributed by atoms with Gasteiger partial charge in [0.25, 0.3) is 0 Å². The highest BCUT2D eigenvalue weighted by Crippen LogP contribution is 2.34. The van der Waals surface area contributed by atoms with Crippen molar-refractivity contribution in [3.63, 3.8) is 0 Å². The van der Waals surface area contributed by atoms with Crippen LogP contribution in [0.25, 0.3) is 6.08 Å². The van der Waals surface area contributed by atoms with Crippen LogP contribution >= 0.6 is 0 Å². The Labute approximate surface area is 158 Å². The SMILES string of the molecule is CCN(CC)C(=O)Oc1ccc(/C=C2\Oc3cc(OC)ccc3C2=O)cc1. The standard InChI is InChI=1S/C21H21NO5/c1-4-22(5-2)21(24)26-15-8-6-14(7-9-15)12-19-20(23)17-11-10-16(25-3)13-18(17)27-19/h6-13H,4-5H2,1-3H3/b19-12-. The Morgan fingerprint density at radius 3 is 2.37 bits per heavy atom. The summed E-state index contributed by atoms with van der Waals surface area (Å²) < 4.78 is 16.1. The fourth-order valence-electron chi connectivity index (χ4n) is 2.72. The third kappa shape index (κ3) is 3.95. The van der Waals surface area contributed by atoms with Crippen molar-refractivity contribution in [2.75, 3.05) is 20.2 Å². The molecular weight excluding hydrogens is 346 g/mol. The number of Topliss-reactive ketones (excluding diaryl/α,β-unsaturated/α-hetero) is 1. The molecule has 1 aliphatic rings. The van der Waals surface area contributed by atoms with Crippen molar-refractivity contribution in [2.45, 2.75) is 13.8 Å². The van der Waals surface area contributed by atoms with Gasteiger partial charge in [0.15, 0.2) is 5.76 Å². The van der Waals surface area contributed by atoms with E-state index in [9.17, 15) is 9.59 Å². The first-order valence-corrected chi connectivity index (χ1v) is 8.74. The summed E-state index contributed by atoms with van der Waals surface area (Å²) in [6.07, 6.45) is 1.27. The molecule has 27 heavy (non-hydrogen) atoms. The van der Waals surface area contributed by atoms with Gasteiger partial charge in [-0.1, -0.05) is 12.1 Å². The number of hydrogen-bond acceptors (Lipinski definition) is 5. The van der Waals surface area contributed by atoms with Crippen LogP contribution in [0.2, 0.25) is 0 Å². The fraction of sp³-hybridized carbons (Fsp3) is 0.238. The van der Waals surface area contributed by atoms with Crippen LogP contribution in [0, 0.1) is 0 Å². The van der Waals surface area contributed by atoms with Gasteiger partial charge in [-0.3, -0.25) is 4.79 Å². The first-order valence-electron chi connectivity index (χ1n) is 8.74. The molecule has 0 radical (unpaired) electrons. The van der Waals surface area contributed by atoms with Crippen molar-refractivity contribution < 1.29 is 23.8 Å². The molecule has 2 aromatic rings. The highest BCUT2D eigenvalue weighted by Gasteiger charge is 2.27. The monoisotopic (exact) mass is 367 g/mol. The van der Waals surface area contributed by atoms with Gasteiger partial charge < -0.3 is 19.1 Å². The van der Waals surface area contributed by atoms with Gasteiger partial charge in [0.2, 0.25) is 5.78 Å². The normalized spacial score (nSPS) is 13.9. The molecule has 0 unspecified atom stereocenters. The third-order valence-corrected chi connectivity index (χ3v) is 4.28. The molecule has 2 aromatic carbocycles. The van der Waals surface area contributed by atoms with Gasteiger partial charge in [-0.2, -0.15) is 0 Å². The number of hydrogen-bond donors (Lipinski definition) is 0. The van der Waals surface area contributed by atoms with E-state index in [4.69, 9.17) is 14.2 Å². The van der Waals surface area contributed by atoms with Gasteiger partial charge in [0, 0.05) is 19.2 Å². The number of carbonyl (C=O) groups excluding carboxylic acids is 2. The van der Waals surface area contributed by atoms with E-state index in [1.165, 1.54) is 0 Å². The molecule has 0 N–H and O–H groups in total. The second-order valence-corrected chi connectivity index (χ2v) is 5.91. The summed E-state index contributed by atoms with van der Waals surface area (Å²) in [4.78, 5) is 26.0. The molecule has 0 spiro atoms. The molecule has 0 saturated carbocycles. The highest BCUT2D eigenvalue weighted by molar-refractivity contribution is 6.14. The van der Waals surface area contributed by atoms with E-state index in [0.29, 0.717) is 35.9 Å². The molecule has 0 bridgehead atoms. The molecule has 0 saturated heterocycles. The van der Waals surface area contributed by atoms with Crippen LogP contribution in [-0.2, 0) is 0 Å². The van der Waals surface area contributed by atoms with Gasteiger partial charge in [-0.25, -0.2) is 4.79 Å². The second kappa shape index (κ2) is 7.95. The molecule has 1 heterocycles. The van der Waals surface area contributed by atoms with E-state index in [0.717, 1.165) is 5.56 Å². The van der Waals surface area contributed by atoms with E-state index >= 15 is 0 Å². The van der Waals surface area contributed by atoms with Crippen LogP contribution < -0.4 is 14.2 Å². The largest absolute Gasteiger partial charge is 0.497 e. The molecule has 0 aromatic heterocycles. The average Bonchev–Trinajstić information content (AvgIpc) is 2.99. The predicted molar refractivity (Wildman–Crippen MR) is 101 cm³/mol. The van der Waals surface area contributed by atoms with Crippen molar-refractivity contribution in [1.29, 1.82) is 0 Å². The Balaban J connectivity index is 1.73. The van der Waals surface area contributed by atoms with Crippen LogP contribution in [0.1, 0.15) is 29.8 Å². The van der Waals surface area contributed by atoms with E-state index in [2.05, 4.69) is 0 Å². The van der Waals surface area contributed by atoms with Crippen molar-refractivity contribution in [1.82, 2.24) is 4.90 Å². The molecule has 0 atom stereocenters. The lowest BCUT2D eigenvalue weighted by Crippen LogP contribution is -2.33. The van der Waals surface area contributed by atoms with Crippen molar-refractivity contribution in [3.05, 3.63) is 59.4 Å². The number of allylic oxidation sites excluding steroid dienone is 1. The van der Waals surface area contributed by atoms with Crippen molar-refractivity contribution >= 4 is 18.0 Å². The number of benzene rings is 2. The maximum atomic E-state index is 12.4. The molecule has 6 heteroatoms. The Kier molecular flexibility index (Phi) is 5.45. The maximum Gasteiger partial charge on any atom is 0.415 e. The van der Waals surface area contributed by atoms with Crippen LogP contribution in [-0.4, -0.2) is 37.0 Å². The van der Waals surface area contributed by atoms with Crippen molar-refractivity contribution in [2.24, 2.45) is 0 Å². The fourth-order valence-corrected chi connectivity index (χ4v) is 2.72. The first-order chi connectivity index (χ1) is 13.0. The minimum Gasteiger partial charge on any atom is -0.497 e. The zero-order chi connectivity index (χ0) is 19.4. The zero-order valence-electron chi connectivity index (χ0n) is 15.5. The predicted octanol–water partition coefficient (Wildman–Crippen LogP) is 4.15. The summed E-state index contributed by atoms with van der Waals surface area (Å²) in [5, 5.41) is 0. The summed E-state index contributed by atoms with van der Waals surface area (Å²) in [7, 11) is 1.56. The minimum absolute atomic E-state index is 0.176. The zero-order valence-corrected chi connectivity index (χ0v) is 15.5. The lowest BCUT2D eigenvalue weighted by molar-refractivity contribution is 0.101. The van der Waals surface area contributed by atoms with Gasteiger partial charge in [-0.05, 0) is 49.8 Å². The van der Waals surface area contributed by atoms with Crippen molar-refractivity contribution in [3.8, 4) is 17.2 Å². The number of rotatable bonds is 5. The van der Waals surface area contributed by atoms with Crippen LogP contribution in [0.3, 0.4) is 0 Å². The van der Waals surface area contributed by atoms with Gasteiger partial charge in [-0.15, -0.1) is 0 Å². The topological polar surface area (TPSA) is 65.1 Å². The third-order valence-electron chi connectivity index (χ3n) is 4.28. The van der Waals surface area contributed by atoms with E-state index < -0.39 is 0 Å². The number of carbonyl (C=O) groups is 2. The molecule has 0 aliphatic carbocycles. The number of ether oxygens (including phenoxy) is 3. The summed E-state index contributed by atoms with van der Waals surface area (Å²) in [5.41, 5.74) is 1.27. The van der Waals surface area contributed by atoms with E-state index in [1.807, 2.05) is 13.8 Å². The molecular formula is C21H21NO5. The number of nitrogens with zero attached hydrogens (tertiary/aromatic N) is 1. The van der Waals surface area contributed by atoms with E-state index in [-0.39, 0.29) is 17.6 Å². The Morgan fingerprint density at radius 2 is 1.74 bits per heavy atom. The number of ketones is 1. The number of fused-ring (bicyclic) bond motifs is 1. The Morgan fingerprint density at radius 1 is 1.07 bits per heavy atom. The Hall–Kier alpha value is -3.28. The van der Waals surface area contributed by atoms with Gasteiger partial charge in [0.05, 0.1) is 12.7 Å². The highest BCUT2D eigenvalue weighted by atomic mass is 16.6. The second-order valence-electron chi connectivity index (χ2n) is 5.91. The van der Waals surface area contributed by atoms with Crippen LogP contribution in [0.4, 0.5) is 4.79 Å². The number of methoxy groups -OCH3 is 1. The van der Waals surface area contributed by atoms with E-state index in [1.54, 1.807) is 60.6 Å². The van der Waals surface area contributed by atoms with Crippen LogP contribution in [0.5, 0.6) is 17.2 Å². The first kappa shape index (κ1) is 18.5. The smallest absolute Gasteiger partial charge is 0.415 e. The number of amides is 1. The molecule has 140 valence electrons. The molecule has 3 rings (SSSR count). The molecule has 1 amide bonds. The minimum atomic E-state index is -0.384. The summed E-state index contributed by atoms with van der Waals surface area (Å²) in [6, 6.07) is 12.0. The Bertz CT molecular complexity index is 882. The van der Waals surface area contributed by atoms with Gasteiger partial charge in [0.1, 0.15) is 17.2 Å². The van der Waals surface area contributed by atoms with Crippen LogP contribution in [0.15, 0.2) is 48.2 Å². The summed E-state index contributed by atoms with van der Waals surface area (Å²) in [5.74, 6) is 1.62. The average molecular weight is 367 g/mol. The maximum absolute atomic E-state index is 12.4.